The van der Waals surface area contributed by atoms with E-state index in [2.05, 4.69) is 0 Å². The van der Waals surface area contributed by atoms with Gasteiger partial charge in [0, 0.05) is 26.1 Å². The predicted molar refractivity (Wildman–Crippen MR) is 67.2 cm³/mol. The number of rotatable bonds is 4. The van der Waals surface area contributed by atoms with Gasteiger partial charge >= 0.3 is 0 Å². The lowest BCUT2D eigenvalue weighted by Crippen LogP contribution is -2.44. The summed E-state index contributed by atoms with van der Waals surface area (Å²) in [5.41, 5.74) is 5.47. The molecule has 16 heavy (non-hydrogen) atoms. The molecule has 0 aromatic heterocycles. The summed E-state index contributed by atoms with van der Waals surface area (Å²) < 4.78 is 5.45. The number of likely N-dealkylation sites (N-methyl/N-ethyl adjacent to an activating group) is 1. The van der Waals surface area contributed by atoms with Crippen molar-refractivity contribution in [2.45, 2.75) is 38.8 Å². The number of nitrogens with two attached hydrogens (primary N) is 1. The van der Waals surface area contributed by atoms with Gasteiger partial charge in [-0.1, -0.05) is 19.1 Å². The molecule has 92 valence electrons. The van der Waals surface area contributed by atoms with E-state index in [-0.39, 0.29) is 18.1 Å². The first-order chi connectivity index (χ1) is 7.43. The van der Waals surface area contributed by atoms with Crippen molar-refractivity contribution in [3.63, 3.8) is 0 Å². The number of carbonyl (C=O) groups excluding carboxylic acids is 1. The van der Waals surface area contributed by atoms with Gasteiger partial charge in [-0.2, -0.15) is 0 Å². The largest absolute Gasteiger partial charge is 0.393 e. The molecule has 1 rings (SSSR count). The van der Waals surface area contributed by atoms with E-state index in [1.165, 1.54) is 0 Å². The van der Waals surface area contributed by atoms with Gasteiger partial charge in [0.2, 0.25) is 0 Å². The van der Waals surface area contributed by atoms with Gasteiger partial charge in [-0.15, -0.1) is 0 Å². The van der Waals surface area contributed by atoms with Crippen molar-refractivity contribution in [2.24, 2.45) is 11.7 Å². The Labute approximate surface area is 102 Å². The second-order valence-electron chi connectivity index (χ2n) is 4.53. The summed E-state index contributed by atoms with van der Waals surface area (Å²) in [6.07, 6.45) is 1.21. The summed E-state index contributed by atoms with van der Waals surface area (Å²) in [4.78, 5) is 14.2. The Bertz CT molecular complexity index is 283. The van der Waals surface area contributed by atoms with E-state index in [9.17, 15) is 4.79 Å². The summed E-state index contributed by atoms with van der Waals surface area (Å²) >= 11 is 4.84. The molecule has 3 atom stereocenters. The Morgan fingerprint density at radius 1 is 1.69 bits per heavy atom. The number of thiocarbonyl (C=S) groups is 1. The summed E-state index contributed by atoms with van der Waals surface area (Å²) in [5.74, 6) is 0.334. The zero-order valence-corrected chi connectivity index (χ0v) is 10.9. The van der Waals surface area contributed by atoms with Crippen LogP contribution in [0.3, 0.4) is 0 Å². The van der Waals surface area contributed by atoms with Crippen molar-refractivity contribution in [2.75, 3.05) is 13.7 Å². The molecule has 0 radical (unpaired) electrons. The Balaban J connectivity index is 2.55. The van der Waals surface area contributed by atoms with Gasteiger partial charge in [-0.3, -0.25) is 4.79 Å². The molecule has 5 heteroatoms. The van der Waals surface area contributed by atoms with Crippen molar-refractivity contribution >= 4 is 23.1 Å². The predicted octanol–water partition coefficient (Wildman–Crippen LogP) is 0.934. The minimum atomic E-state index is -0.293. The lowest BCUT2D eigenvalue weighted by atomic mass is 10.0. The third-order valence-corrected chi connectivity index (χ3v) is 3.30. The maximum Gasteiger partial charge on any atom is 0.251 e. The minimum Gasteiger partial charge on any atom is -0.393 e. The van der Waals surface area contributed by atoms with Crippen LogP contribution in [0.4, 0.5) is 0 Å². The molecular weight excluding hydrogens is 224 g/mol. The van der Waals surface area contributed by atoms with Gasteiger partial charge in [0.15, 0.2) is 0 Å². The maximum atomic E-state index is 12.1. The smallest absolute Gasteiger partial charge is 0.251 e. The molecule has 0 bridgehead atoms. The molecule has 1 fully saturated rings. The van der Waals surface area contributed by atoms with Crippen molar-refractivity contribution in [1.82, 2.24) is 4.90 Å². The summed E-state index contributed by atoms with van der Waals surface area (Å²) in [5, 5.41) is 0. The van der Waals surface area contributed by atoms with Crippen LogP contribution < -0.4 is 5.73 Å². The van der Waals surface area contributed by atoms with Crippen molar-refractivity contribution < 1.29 is 9.53 Å². The lowest BCUT2D eigenvalue weighted by Gasteiger charge is -2.28. The zero-order chi connectivity index (χ0) is 12.3. The van der Waals surface area contributed by atoms with Crippen LogP contribution in [0.25, 0.3) is 0 Å². The van der Waals surface area contributed by atoms with Gasteiger partial charge in [-0.05, 0) is 19.3 Å². The van der Waals surface area contributed by atoms with Crippen LogP contribution in [0.2, 0.25) is 0 Å². The van der Waals surface area contributed by atoms with E-state index in [0.717, 1.165) is 6.42 Å². The average molecular weight is 244 g/mol. The monoisotopic (exact) mass is 244 g/mol. The van der Waals surface area contributed by atoms with E-state index in [1.54, 1.807) is 11.9 Å². The minimum absolute atomic E-state index is 0.0291. The maximum absolute atomic E-state index is 12.1. The highest BCUT2D eigenvalue weighted by molar-refractivity contribution is 7.80. The summed E-state index contributed by atoms with van der Waals surface area (Å²) in [7, 11) is 1.78. The second kappa shape index (κ2) is 5.59. The molecule has 0 spiro atoms. The van der Waals surface area contributed by atoms with Gasteiger partial charge in [-0.25, -0.2) is 0 Å². The first-order valence-electron chi connectivity index (χ1n) is 5.60. The molecule has 1 heterocycles. The molecule has 3 unspecified atom stereocenters. The van der Waals surface area contributed by atoms with Crippen LogP contribution in [-0.2, 0) is 9.53 Å². The van der Waals surface area contributed by atoms with Crippen LogP contribution in [-0.4, -0.2) is 41.6 Å². The quantitative estimate of drug-likeness (QED) is 0.748. The van der Waals surface area contributed by atoms with E-state index in [1.807, 2.05) is 13.8 Å². The topological polar surface area (TPSA) is 55.6 Å². The molecular formula is C11H20N2O2S. The molecule has 0 aromatic rings. The molecule has 4 nitrogen and oxygen atoms in total. The Kier molecular flexibility index (Phi) is 4.68. The van der Waals surface area contributed by atoms with E-state index < -0.39 is 0 Å². The number of hydrogen-bond donors (Lipinski definition) is 1. The Morgan fingerprint density at radius 3 is 2.75 bits per heavy atom. The molecule has 0 aromatic carbocycles. The third kappa shape index (κ3) is 3.15. The number of ether oxygens (including phenoxy) is 1. The molecule has 2 N–H and O–H groups in total. The van der Waals surface area contributed by atoms with Crippen LogP contribution in [0, 0.1) is 5.92 Å². The standard InChI is InChI=1S/C11H20N2O2S/c1-7-4-5-15-10(7)11(14)13(3)8(2)6-9(12)16/h7-8,10H,4-6H2,1-3H3,(H2,12,16). The lowest BCUT2D eigenvalue weighted by molar-refractivity contribution is -0.142. The Morgan fingerprint density at radius 2 is 2.31 bits per heavy atom. The number of amides is 1. The third-order valence-electron chi connectivity index (χ3n) is 3.14. The van der Waals surface area contributed by atoms with Crippen LogP contribution in [0.15, 0.2) is 0 Å². The van der Waals surface area contributed by atoms with Crippen LogP contribution >= 0.6 is 12.2 Å². The number of hydrogen-bond acceptors (Lipinski definition) is 3. The fourth-order valence-corrected chi connectivity index (χ4v) is 2.10. The van der Waals surface area contributed by atoms with Crippen LogP contribution in [0.5, 0.6) is 0 Å². The Hall–Kier alpha value is -0.680. The van der Waals surface area contributed by atoms with Gasteiger partial charge in [0.1, 0.15) is 6.10 Å². The highest BCUT2D eigenvalue weighted by Crippen LogP contribution is 2.22. The molecule has 1 amide bonds. The molecule has 0 saturated carbocycles. The van der Waals surface area contributed by atoms with Gasteiger partial charge < -0.3 is 15.4 Å². The second-order valence-corrected chi connectivity index (χ2v) is 5.05. The highest BCUT2D eigenvalue weighted by Gasteiger charge is 2.34. The van der Waals surface area contributed by atoms with Gasteiger partial charge in [0.25, 0.3) is 5.91 Å². The van der Waals surface area contributed by atoms with Crippen molar-refractivity contribution in [3.05, 3.63) is 0 Å². The van der Waals surface area contributed by atoms with Crippen molar-refractivity contribution in [3.8, 4) is 0 Å². The highest BCUT2D eigenvalue weighted by atomic mass is 32.1. The zero-order valence-electron chi connectivity index (χ0n) is 10.1. The first-order valence-corrected chi connectivity index (χ1v) is 6.01. The van der Waals surface area contributed by atoms with Crippen LogP contribution in [0.1, 0.15) is 26.7 Å². The van der Waals surface area contributed by atoms with Gasteiger partial charge in [0.05, 0.1) is 4.99 Å². The van der Waals surface area contributed by atoms with E-state index in [4.69, 9.17) is 22.7 Å². The molecule has 1 aliphatic heterocycles. The van der Waals surface area contributed by atoms with Crippen molar-refractivity contribution in [1.29, 1.82) is 0 Å². The van der Waals surface area contributed by atoms with E-state index >= 15 is 0 Å². The summed E-state index contributed by atoms with van der Waals surface area (Å²) in [6.45, 7) is 4.66. The number of nitrogens with zero attached hydrogens (tertiary/aromatic N) is 1. The average Bonchev–Trinajstić information content (AvgIpc) is 2.61. The SMILES string of the molecule is CC1CCOC1C(=O)N(C)C(C)CC(N)=S. The number of carbonyl (C=O) groups is 1. The molecule has 0 aliphatic carbocycles. The van der Waals surface area contributed by atoms with E-state index in [0.29, 0.717) is 23.9 Å². The summed E-state index contributed by atoms with van der Waals surface area (Å²) in [6, 6.07) is 0.0291. The first kappa shape index (κ1) is 13.4. The molecule has 1 saturated heterocycles. The normalized spacial score (nSPS) is 26.4. The fourth-order valence-electron chi connectivity index (χ4n) is 1.86. The molecule has 1 aliphatic rings. The fraction of sp³-hybridized carbons (Fsp3) is 0.818.